The van der Waals surface area contributed by atoms with Gasteiger partial charge in [-0.2, -0.15) is 5.26 Å². The van der Waals surface area contributed by atoms with Gasteiger partial charge in [0.1, 0.15) is 0 Å². The number of nitrogens with zero attached hydrogens (tertiary/aromatic N) is 1. The van der Waals surface area contributed by atoms with Crippen molar-refractivity contribution in [1.29, 1.82) is 5.26 Å². The maximum atomic E-state index is 8.83. The average Bonchev–Trinajstić information content (AvgIpc) is 1.97. The molecule has 3 heteroatoms. The molecular weight excluding hydrogens is 142 g/mol. The number of nitriles is 1. The summed E-state index contributed by atoms with van der Waals surface area (Å²) in [5.41, 5.74) is 0. The van der Waals surface area contributed by atoms with Gasteiger partial charge in [-0.15, -0.1) is 0 Å². The Labute approximate surface area is 67.3 Å². The molecule has 0 spiro atoms. The molecule has 0 aliphatic heterocycles. The van der Waals surface area contributed by atoms with Crippen molar-refractivity contribution in [1.82, 2.24) is 0 Å². The Balaban J connectivity index is 3.52. The molecule has 0 aromatic carbocycles. The molecule has 0 aromatic heterocycles. The van der Waals surface area contributed by atoms with E-state index in [1.807, 2.05) is 0 Å². The zero-order valence-corrected chi connectivity index (χ0v) is 6.53. The quantitative estimate of drug-likeness (QED) is 0.608. The van der Waals surface area contributed by atoms with Gasteiger partial charge in [0.25, 0.3) is 0 Å². The van der Waals surface area contributed by atoms with E-state index in [2.05, 4.69) is 13.0 Å². The highest BCUT2D eigenvalue weighted by atomic mass is 16.3. The van der Waals surface area contributed by atoms with Crippen molar-refractivity contribution >= 4 is 0 Å². The van der Waals surface area contributed by atoms with Crippen LogP contribution in [0.3, 0.4) is 0 Å². The first-order chi connectivity index (χ1) is 5.20. The zero-order valence-electron chi connectivity index (χ0n) is 6.53. The first-order valence-corrected chi connectivity index (χ1v) is 3.72. The average molecular weight is 156 g/mol. The van der Waals surface area contributed by atoms with Crippen molar-refractivity contribution in [2.75, 3.05) is 6.61 Å². The van der Waals surface area contributed by atoms with Crippen LogP contribution in [0.25, 0.3) is 0 Å². The summed E-state index contributed by atoms with van der Waals surface area (Å²) in [7, 11) is 0. The van der Waals surface area contributed by atoms with E-state index < -0.39 is 6.10 Å². The fraction of sp³-hybridized carbons (Fsp3) is 0.750. The SMILES string of the molecule is [CH2]C(O)CC(C#N)CCCO. The van der Waals surface area contributed by atoms with Crippen LogP contribution in [0.5, 0.6) is 0 Å². The van der Waals surface area contributed by atoms with Gasteiger partial charge in [0, 0.05) is 12.5 Å². The van der Waals surface area contributed by atoms with Gasteiger partial charge >= 0.3 is 0 Å². The van der Waals surface area contributed by atoms with Gasteiger partial charge in [-0.1, -0.05) is 0 Å². The van der Waals surface area contributed by atoms with Gasteiger partial charge in [-0.25, -0.2) is 0 Å². The molecule has 2 N–H and O–H groups in total. The predicted molar refractivity (Wildman–Crippen MR) is 41.4 cm³/mol. The molecule has 3 nitrogen and oxygen atoms in total. The van der Waals surface area contributed by atoms with Crippen LogP contribution in [0.4, 0.5) is 0 Å². The molecule has 0 aliphatic carbocycles. The number of aliphatic hydroxyl groups excluding tert-OH is 2. The minimum atomic E-state index is -0.668. The van der Waals surface area contributed by atoms with Gasteiger partial charge in [0.05, 0.1) is 12.2 Å². The van der Waals surface area contributed by atoms with Crippen molar-refractivity contribution < 1.29 is 10.2 Å². The van der Waals surface area contributed by atoms with E-state index in [9.17, 15) is 0 Å². The summed E-state index contributed by atoms with van der Waals surface area (Å²) >= 11 is 0. The summed E-state index contributed by atoms with van der Waals surface area (Å²) in [5, 5.41) is 25.8. The van der Waals surface area contributed by atoms with Crippen LogP contribution >= 0.6 is 0 Å². The number of hydrogen-bond donors (Lipinski definition) is 2. The van der Waals surface area contributed by atoms with Crippen molar-refractivity contribution in [3.8, 4) is 6.07 Å². The maximum absolute atomic E-state index is 8.83. The Morgan fingerprint density at radius 1 is 1.55 bits per heavy atom. The molecule has 2 unspecified atom stereocenters. The van der Waals surface area contributed by atoms with Gasteiger partial charge in [0.15, 0.2) is 0 Å². The van der Waals surface area contributed by atoms with Crippen LogP contribution in [-0.4, -0.2) is 22.9 Å². The van der Waals surface area contributed by atoms with E-state index in [0.29, 0.717) is 19.3 Å². The van der Waals surface area contributed by atoms with Gasteiger partial charge in [0.2, 0.25) is 0 Å². The second-order valence-corrected chi connectivity index (χ2v) is 2.58. The van der Waals surface area contributed by atoms with Crippen LogP contribution in [0.1, 0.15) is 19.3 Å². The van der Waals surface area contributed by atoms with Crippen molar-refractivity contribution in [3.63, 3.8) is 0 Å². The molecule has 2 atom stereocenters. The number of hydrogen-bond acceptors (Lipinski definition) is 3. The second kappa shape index (κ2) is 6.14. The summed E-state index contributed by atoms with van der Waals surface area (Å²) in [6, 6.07) is 2.06. The highest BCUT2D eigenvalue weighted by molar-refractivity contribution is 4.84. The lowest BCUT2D eigenvalue weighted by Crippen LogP contribution is -2.09. The molecule has 0 bridgehead atoms. The Kier molecular flexibility index (Phi) is 5.81. The van der Waals surface area contributed by atoms with E-state index in [0.717, 1.165) is 0 Å². The molecule has 0 heterocycles. The van der Waals surface area contributed by atoms with Crippen LogP contribution < -0.4 is 0 Å². The summed E-state index contributed by atoms with van der Waals surface area (Å²) in [5.74, 6) is -0.172. The van der Waals surface area contributed by atoms with E-state index in [1.165, 1.54) is 0 Å². The Hall–Kier alpha value is -0.590. The van der Waals surface area contributed by atoms with Crippen LogP contribution in [0.15, 0.2) is 0 Å². The fourth-order valence-electron chi connectivity index (χ4n) is 0.901. The third-order valence-electron chi connectivity index (χ3n) is 1.45. The largest absolute Gasteiger partial charge is 0.396 e. The van der Waals surface area contributed by atoms with Crippen molar-refractivity contribution in [2.45, 2.75) is 25.4 Å². The first-order valence-electron chi connectivity index (χ1n) is 3.72. The number of rotatable bonds is 5. The summed E-state index contributed by atoms with van der Waals surface area (Å²) in [6.07, 6.45) is 0.986. The van der Waals surface area contributed by atoms with E-state index in [-0.39, 0.29) is 12.5 Å². The topological polar surface area (TPSA) is 64.2 Å². The molecule has 63 valence electrons. The molecule has 0 saturated heterocycles. The van der Waals surface area contributed by atoms with Crippen molar-refractivity contribution in [3.05, 3.63) is 6.92 Å². The molecule has 0 amide bonds. The smallest absolute Gasteiger partial charge is 0.0656 e. The molecule has 0 aliphatic rings. The maximum Gasteiger partial charge on any atom is 0.0656 e. The predicted octanol–water partition coefficient (Wildman–Crippen LogP) is 0.484. The van der Waals surface area contributed by atoms with Crippen LogP contribution in [0.2, 0.25) is 0 Å². The molecule has 1 radical (unpaired) electrons. The summed E-state index contributed by atoms with van der Waals surface area (Å²) in [4.78, 5) is 0. The normalized spacial score (nSPS) is 15.5. The lowest BCUT2D eigenvalue weighted by molar-refractivity contribution is 0.188. The van der Waals surface area contributed by atoms with Crippen LogP contribution in [0, 0.1) is 24.2 Å². The van der Waals surface area contributed by atoms with Gasteiger partial charge in [-0.05, 0) is 26.2 Å². The minimum Gasteiger partial charge on any atom is -0.396 e. The van der Waals surface area contributed by atoms with Crippen molar-refractivity contribution in [2.24, 2.45) is 5.92 Å². The lowest BCUT2D eigenvalue weighted by Gasteiger charge is -2.08. The highest BCUT2D eigenvalue weighted by Gasteiger charge is 2.09. The number of aliphatic hydroxyl groups is 2. The third kappa shape index (κ3) is 5.84. The molecule has 0 fully saturated rings. The van der Waals surface area contributed by atoms with E-state index >= 15 is 0 Å². The summed E-state index contributed by atoms with van der Waals surface area (Å²) < 4.78 is 0. The Bertz CT molecular complexity index is 129. The van der Waals surface area contributed by atoms with Crippen LogP contribution in [-0.2, 0) is 0 Å². The summed E-state index contributed by atoms with van der Waals surface area (Å²) in [6.45, 7) is 3.48. The molecular formula is C8H14NO2. The molecule has 0 aromatic rings. The monoisotopic (exact) mass is 156 g/mol. The van der Waals surface area contributed by atoms with Gasteiger partial charge < -0.3 is 10.2 Å². The lowest BCUT2D eigenvalue weighted by atomic mass is 9.99. The first kappa shape index (κ1) is 10.4. The highest BCUT2D eigenvalue weighted by Crippen LogP contribution is 2.11. The fourth-order valence-corrected chi connectivity index (χ4v) is 0.901. The molecule has 0 rings (SSSR count). The molecule has 0 saturated carbocycles. The van der Waals surface area contributed by atoms with Gasteiger partial charge in [-0.3, -0.25) is 0 Å². The molecule has 11 heavy (non-hydrogen) atoms. The zero-order chi connectivity index (χ0) is 8.69. The third-order valence-corrected chi connectivity index (χ3v) is 1.45. The second-order valence-electron chi connectivity index (χ2n) is 2.58. The Morgan fingerprint density at radius 3 is 2.55 bits per heavy atom. The minimum absolute atomic E-state index is 0.103. The standard InChI is InChI=1S/C8H14NO2/c1-7(11)5-8(6-9)3-2-4-10/h7-8,10-11H,1-5H2. The van der Waals surface area contributed by atoms with E-state index in [1.54, 1.807) is 0 Å². The Morgan fingerprint density at radius 2 is 2.18 bits per heavy atom. The van der Waals surface area contributed by atoms with E-state index in [4.69, 9.17) is 15.5 Å².